The highest BCUT2D eigenvalue weighted by Crippen LogP contribution is 2.25. The van der Waals surface area contributed by atoms with Gasteiger partial charge in [0.1, 0.15) is 0 Å². The molecule has 26 heavy (non-hydrogen) atoms. The molecule has 1 aromatic carbocycles. The van der Waals surface area contributed by atoms with E-state index in [9.17, 15) is 9.59 Å². The lowest BCUT2D eigenvalue weighted by atomic mass is 9.86. The fourth-order valence-corrected chi connectivity index (χ4v) is 3.58. The van der Waals surface area contributed by atoms with Crippen LogP contribution in [-0.4, -0.2) is 11.8 Å². The lowest BCUT2D eigenvalue weighted by Gasteiger charge is -2.21. The topological polar surface area (TPSA) is 58.2 Å². The van der Waals surface area contributed by atoms with E-state index < -0.39 is 0 Å². The van der Waals surface area contributed by atoms with Crippen LogP contribution in [0.4, 0.5) is 0 Å². The number of carbonyl (C=O) groups excluding carboxylic acids is 2. The summed E-state index contributed by atoms with van der Waals surface area (Å²) in [4.78, 5) is 24.9. The van der Waals surface area contributed by atoms with Gasteiger partial charge < -0.3 is 10.6 Å². The first-order valence-electron chi connectivity index (χ1n) is 8.87. The molecule has 0 unspecified atom stereocenters. The van der Waals surface area contributed by atoms with Gasteiger partial charge in [-0.25, -0.2) is 0 Å². The molecule has 2 amide bonds. The Bertz CT molecular complexity index is 730. The molecule has 2 atom stereocenters. The average Bonchev–Trinajstić information content (AvgIpc) is 3.07. The summed E-state index contributed by atoms with van der Waals surface area (Å²) in [5, 5.41) is 7.84. The molecule has 0 saturated carbocycles. The molecule has 0 aliphatic carbocycles. The Morgan fingerprint density at radius 3 is 2.23 bits per heavy atom. The molecule has 2 rings (SSSR count). The molecule has 0 fully saturated rings. The number of hydrogen-bond acceptors (Lipinski definition) is 3. The molecule has 0 radical (unpaired) electrons. The zero-order valence-electron chi connectivity index (χ0n) is 16.1. The summed E-state index contributed by atoms with van der Waals surface area (Å²) in [5.74, 6) is -0.216. The van der Waals surface area contributed by atoms with E-state index in [1.54, 1.807) is 0 Å². The normalized spacial score (nSPS) is 13.7. The van der Waals surface area contributed by atoms with Gasteiger partial charge in [-0.3, -0.25) is 9.59 Å². The molecule has 0 bridgehead atoms. The van der Waals surface area contributed by atoms with Gasteiger partial charge in [-0.15, -0.1) is 11.3 Å². The molecule has 0 aliphatic heterocycles. The Hall–Kier alpha value is -2.14. The van der Waals surface area contributed by atoms with Crippen LogP contribution >= 0.6 is 11.3 Å². The van der Waals surface area contributed by atoms with Gasteiger partial charge in [-0.2, -0.15) is 0 Å². The fourth-order valence-electron chi connectivity index (χ4n) is 2.80. The van der Waals surface area contributed by atoms with Gasteiger partial charge in [0, 0.05) is 11.8 Å². The van der Waals surface area contributed by atoms with Crippen molar-refractivity contribution < 1.29 is 9.59 Å². The maximum absolute atomic E-state index is 12.5. The number of hydrogen-bond donors (Lipinski definition) is 2. The van der Waals surface area contributed by atoms with Crippen molar-refractivity contribution in [2.45, 2.75) is 58.5 Å². The Morgan fingerprint density at radius 1 is 1.08 bits per heavy atom. The van der Waals surface area contributed by atoms with Crippen LogP contribution in [0.25, 0.3) is 0 Å². The number of nitrogens with one attached hydrogen (secondary N) is 2. The third-order valence-corrected chi connectivity index (χ3v) is 5.29. The van der Waals surface area contributed by atoms with Crippen LogP contribution in [0.15, 0.2) is 41.8 Å². The summed E-state index contributed by atoms with van der Waals surface area (Å²) < 4.78 is 0. The van der Waals surface area contributed by atoms with E-state index in [1.165, 1.54) is 23.8 Å². The second kappa shape index (κ2) is 8.49. The maximum Gasteiger partial charge on any atom is 0.222 e. The second-order valence-electron chi connectivity index (χ2n) is 7.63. The summed E-state index contributed by atoms with van der Waals surface area (Å²) in [7, 11) is 0. The van der Waals surface area contributed by atoms with E-state index in [1.807, 2.05) is 24.4 Å². The second-order valence-corrected chi connectivity index (χ2v) is 8.61. The van der Waals surface area contributed by atoms with Crippen molar-refractivity contribution in [3.05, 3.63) is 57.8 Å². The van der Waals surface area contributed by atoms with Crippen LogP contribution in [0.2, 0.25) is 0 Å². The molecule has 1 aromatic heterocycles. The van der Waals surface area contributed by atoms with Crippen LogP contribution < -0.4 is 10.6 Å². The predicted octanol–water partition coefficient (Wildman–Crippen LogP) is 4.49. The minimum Gasteiger partial charge on any atom is -0.350 e. The fraction of sp³-hybridized carbons (Fsp3) is 0.429. The highest BCUT2D eigenvalue weighted by Gasteiger charge is 2.20. The van der Waals surface area contributed by atoms with E-state index in [2.05, 4.69) is 55.7 Å². The molecular formula is C21H28N2O2S. The van der Waals surface area contributed by atoms with Crippen molar-refractivity contribution in [2.24, 2.45) is 0 Å². The third-order valence-electron chi connectivity index (χ3n) is 4.31. The van der Waals surface area contributed by atoms with E-state index in [4.69, 9.17) is 0 Å². The summed E-state index contributed by atoms with van der Waals surface area (Å²) in [5.41, 5.74) is 2.44. The van der Waals surface area contributed by atoms with Crippen molar-refractivity contribution in [2.75, 3.05) is 0 Å². The van der Waals surface area contributed by atoms with Crippen LogP contribution in [0.5, 0.6) is 0 Å². The van der Waals surface area contributed by atoms with Crippen molar-refractivity contribution in [3.8, 4) is 0 Å². The monoisotopic (exact) mass is 372 g/mol. The Kier molecular flexibility index (Phi) is 6.59. The van der Waals surface area contributed by atoms with Gasteiger partial charge in [0.05, 0.1) is 18.5 Å². The van der Waals surface area contributed by atoms with E-state index in [-0.39, 0.29) is 35.7 Å². The van der Waals surface area contributed by atoms with Crippen molar-refractivity contribution >= 4 is 23.2 Å². The zero-order valence-corrected chi connectivity index (χ0v) is 16.9. The minimum absolute atomic E-state index is 0.0791. The largest absolute Gasteiger partial charge is 0.350 e. The van der Waals surface area contributed by atoms with Crippen LogP contribution in [-0.2, 0) is 15.0 Å². The lowest BCUT2D eigenvalue weighted by Crippen LogP contribution is -2.33. The van der Waals surface area contributed by atoms with Gasteiger partial charge in [0.2, 0.25) is 11.8 Å². The molecule has 1 heterocycles. The zero-order chi connectivity index (χ0) is 19.3. The quantitative estimate of drug-likeness (QED) is 0.785. The summed E-state index contributed by atoms with van der Waals surface area (Å²) in [6, 6.07) is 11.8. The first kappa shape index (κ1) is 20.2. The summed E-state index contributed by atoms with van der Waals surface area (Å²) in [6.07, 6.45) is 0.227. The van der Waals surface area contributed by atoms with Crippen molar-refractivity contribution in [1.82, 2.24) is 10.6 Å². The smallest absolute Gasteiger partial charge is 0.222 e. The van der Waals surface area contributed by atoms with Crippen LogP contribution in [0.3, 0.4) is 0 Å². The van der Waals surface area contributed by atoms with E-state index in [0.29, 0.717) is 0 Å². The first-order valence-corrected chi connectivity index (χ1v) is 9.75. The van der Waals surface area contributed by atoms with Gasteiger partial charge in [-0.05, 0) is 34.9 Å². The maximum atomic E-state index is 12.5. The molecule has 0 saturated heterocycles. The third kappa shape index (κ3) is 5.70. The first-order chi connectivity index (χ1) is 12.2. The standard InChI is InChI=1S/C21H28N2O2S/c1-14(16-8-10-17(11-9-16)21(3,4)5)22-20(25)13-18(23-15(2)24)19-7-6-12-26-19/h6-12,14,18H,13H2,1-5H3,(H,22,25)(H,23,24)/t14-,18+/m0/s1. The molecule has 2 N–H and O–H groups in total. The molecule has 0 aliphatic rings. The molecule has 5 heteroatoms. The van der Waals surface area contributed by atoms with E-state index in [0.717, 1.165) is 10.4 Å². The lowest BCUT2D eigenvalue weighted by molar-refractivity contribution is -0.123. The number of carbonyl (C=O) groups is 2. The van der Waals surface area contributed by atoms with E-state index >= 15 is 0 Å². The van der Waals surface area contributed by atoms with Gasteiger partial charge in [0.15, 0.2) is 0 Å². The van der Waals surface area contributed by atoms with Crippen molar-refractivity contribution in [3.63, 3.8) is 0 Å². The Morgan fingerprint density at radius 2 is 1.73 bits per heavy atom. The van der Waals surface area contributed by atoms with Crippen LogP contribution in [0, 0.1) is 0 Å². The molecule has 2 aromatic rings. The summed E-state index contributed by atoms with van der Waals surface area (Å²) >= 11 is 1.54. The van der Waals surface area contributed by atoms with Crippen molar-refractivity contribution in [1.29, 1.82) is 0 Å². The molecule has 140 valence electrons. The Balaban J connectivity index is 2.00. The van der Waals surface area contributed by atoms with Gasteiger partial charge in [0.25, 0.3) is 0 Å². The number of benzene rings is 1. The average molecular weight is 373 g/mol. The summed E-state index contributed by atoms with van der Waals surface area (Å²) in [6.45, 7) is 9.99. The molecule has 0 spiro atoms. The SMILES string of the molecule is CC(=O)N[C@H](CC(=O)N[C@@H](C)c1ccc(C(C)(C)C)cc1)c1cccs1. The molecule has 4 nitrogen and oxygen atoms in total. The highest BCUT2D eigenvalue weighted by molar-refractivity contribution is 7.10. The molecular weight excluding hydrogens is 344 g/mol. The predicted molar refractivity (Wildman–Crippen MR) is 107 cm³/mol. The minimum atomic E-state index is -0.289. The van der Waals surface area contributed by atoms with Gasteiger partial charge >= 0.3 is 0 Å². The number of thiophene rings is 1. The Labute approximate surface area is 160 Å². The number of rotatable bonds is 6. The number of amides is 2. The highest BCUT2D eigenvalue weighted by atomic mass is 32.1. The van der Waals surface area contributed by atoms with Crippen LogP contribution in [0.1, 0.15) is 69.1 Å². The van der Waals surface area contributed by atoms with Gasteiger partial charge in [-0.1, -0.05) is 51.1 Å².